The molecular weight excluding hydrogens is 156 g/mol. The van der Waals surface area contributed by atoms with E-state index in [1.165, 1.54) is 0 Å². The second-order valence-corrected chi connectivity index (χ2v) is 3.33. The van der Waals surface area contributed by atoms with E-state index in [2.05, 4.69) is 5.32 Å². The van der Waals surface area contributed by atoms with E-state index >= 15 is 0 Å². The summed E-state index contributed by atoms with van der Waals surface area (Å²) < 4.78 is 5.02. The zero-order chi connectivity index (χ0) is 9.03. The van der Waals surface area contributed by atoms with Crippen molar-refractivity contribution in [3.05, 3.63) is 0 Å². The second kappa shape index (κ2) is 3.87. The van der Waals surface area contributed by atoms with Crippen molar-refractivity contribution in [2.45, 2.75) is 12.8 Å². The smallest absolute Gasteiger partial charge is 0.226 e. The highest BCUT2D eigenvalue weighted by molar-refractivity contribution is 5.81. The number of amides is 1. The summed E-state index contributed by atoms with van der Waals surface area (Å²) in [7, 11) is 1.60. The highest BCUT2D eigenvalue weighted by Crippen LogP contribution is 2.28. The molecule has 0 aromatic carbocycles. The van der Waals surface area contributed by atoms with Crippen molar-refractivity contribution in [2.24, 2.45) is 11.1 Å². The van der Waals surface area contributed by atoms with Gasteiger partial charge in [-0.15, -0.1) is 0 Å². The lowest BCUT2D eigenvalue weighted by Gasteiger charge is -2.33. The third-order valence-electron chi connectivity index (χ3n) is 2.50. The largest absolute Gasteiger partial charge is 0.384 e. The monoisotopic (exact) mass is 172 g/mol. The molecule has 12 heavy (non-hydrogen) atoms. The number of carbonyl (C=O) groups is 1. The van der Waals surface area contributed by atoms with Crippen LogP contribution in [0.4, 0.5) is 0 Å². The fraction of sp³-hybridized carbons (Fsp3) is 0.875. The van der Waals surface area contributed by atoms with Gasteiger partial charge in [0, 0.05) is 7.11 Å². The van der Waals surface area contributed by atoms with Gasteiger partial charge in [0.05, 0.1) is 12.0 Å². The van der Waals surface area contributed by atoms with Crippen molar-refractivity contribution in [1.82, 2.24) is 5.32 Å². The molecule has 4 nitrogen and oxygen atoms in total. The van der Waals surface area contributed by atoms with Gasteiger partial charge in [-0.3, -0.25) is 4.79 Å². The van der Waals surface area contributed by atoms with E-state index in [1.807, 2.05) is 0 Å². The molecule has 0 bridgehead atoms. The minimum atomic E-state index is -0.417. The maximum atomic E-state index is 11.2. The average molecular weight is 172 g/mol. The van der Waals surface area contributed by atoms with E-state index in [0.717, 1.165) is 25.9 Å². The Balaban J connectivity index is 2.63. The lowest BCUT2D eigenvalue weighted by atomic mass is 9.79. The van der Waals surface area contributed by atoms with Crippen LogP contribution in [0.1, 0.15) is 12.8 Å². The Bertz CT molecular complexity index is 159. The maximum Gasteiger partial charge on any atom is 0.226 e. The third kappa shape index (κ3) is 1.76. The van der Waals surface area contributed by atoms with Gasteiger partial charge in [-0.25, -0.2) is 0 Å². The zero-order valence-corrected chi connectivity index (χ0v) is 7.43. The number of carbonyl (C=O) groups excluding carboxylic acids is 1. The number of rotatable bonds is 3. The number of nitrogens with two attached hydrogens (primary N) is 1. The normalized spacial score (nSPS) is 22.1. The lowest BCUT2D eigenvalue weighted by Crippen LogP contribution is -2.48. The Morgan fingerprint density at radius 3 is 2.58 bits per heavy atom. The fourth-order valence-electron chi connectivity index (χ4n) is 1.64. The molecule has 1 fully saturated rings. The summed E-state index contributed by atoms with van der Waals surface area (Å²) in [6.07, 6.45) is 1.58. The summed E-state index contributed by atoms with van der Waals surface area (Å²) in [5.41, 5.74) is 4.92. The van der Waals surface area contributed by atoms with E-state index in [9.17, 15) is 4.79 Å². The van der Waals surface area contributed by atoms with Crippen LogP contribution in [0, 0.1) is 5.41 Å². The molecule has 70 valence electrons. The number of methoxy groups -OCH3 is 1. The molecule has 0 aliphatic carbocycles. The minimum absolute atomic E-state index is 0.231. The molecule has 0 unspecified atom stereocenters. The van der Waals surface area contributed by atoms with Crippen molar-refractivity contribution in [3.63, 3.8) is 0 Å². The van der Waals surface area contributed by atoms with Crippen LogP contribution in [0.2, 0.25) is 0 Å². The molecule has 0 aromatic heterocycles. The van der Waals surface area contributed by atoms with Crippen LogP contribution in [0.5, 0.6) is 0 Å². The number of nitrogens with one attached hydrogen (secondary N) is 1. The van der Waals surface area contributed by atoms with Crippen molar-refractivity contribution < 1.29 is 9.53 Å². The number of primary amides is 1. The number of piperidine rings is 1. The molecule has 1 aliphatic heterocycles. The molecule has 0 atom stereocenters. The highest BCUT2D eigenvalue weighted by atomic mass is 16.5. The van der Waals surface area contributed by atoms with Gasteiger partial charge in [-0.2, -0.15) is 0 Å². The van der Waals surface area contributed by atoms with Crippen molar-refractivity contribution >= 4 is 5.91 Å². The topological polar surface area (TPSA) is 64.3 Å². The Kier molecular flexibility index (Phi) is 3.05. The minimum Gasteiger partial charge on any atom is -0.384 e. The van der Waals surface area contributed by atoms with Crippen LogP contribution in [-0.4, -0.2) is 32.7 Å². The molecule has 1 amide bonds. The van der Waals surface area contributed by atoms with Gasteiger partial charge in [0.25, 0.3) is 0 Å². The van der Waals surface area contributed by atoms with Crippen LogP contribution >= 0.6 is 0 Å². The molecule has 1 heterocycles. The quantitative estimate of drug-likeness (QED) is 0.602. The summed E-state index contributed by atoms with van der Waals surface area (Å²) >= 11 is 0. The summed E-state index contributed by atoms with van der Waals surface area (Å²) in [6.45, 7) is 2.16. The number of hydrogen-bond donors (Lipinski definition) is 2. The molecule has 0 aromatic rings. The maximum absolute atomic E-state index is 11.2. The predicted octanol–water partition coefficient (Wildman–Crippen LogP) is -0.512. The van der Waals surface area contributed by atoms with E-state index < -0.39 is 5.41 Å². The molecule has 4 heteroatoms. The van der Waals surface area contributed by atoms with E-state index in [0.29, 0.717) is 6.61 Å². The first-order valence-electron chi connectivity index (χ1n) is 4.21. The first-order valence-corrected chi connectivity index (χ1v) is 4.21. The van der Waals surface area contributed by atoms with Gasteiger partial charge in [0.2, 0.25) is 5.91 Å². The van der Waals surface area contributed by atoms with Gasteiger partial charge < -0.3 is 15.8 Å². The molecule has 1 saturated heterocycles. The Hall–Kier alpha value is -0.610. The van der Waals surface area contributed by atoms with Gasteiger partial charge in [-0.05, 0) is 25.9 Å². The second-order valence-electron chi connectivity index (χ2n) is 3.33. The van der Waals surface area contributed by atoms with Crippen molar-refractivity contribution in [3.8, 4) is 0 Å². The number of hydrogen-bond acceptors (Lipinski definition) is 3. The zero-order valence-electron chi connectivity index (χ0n) is 7.43. The van der Waals surface area contributed by atoms with Crippen molar-refractivity contribution in [2.75, 3.05) is 26.8 Å². The Morgan fingerprint density at radius 1 is 1.58 bits per heavy atom. The first kappa shape index (κ1) is 9.48. The summed E-state index contributed by atoms with van der Waals surface area (Å²) in [5, 5.41) is 3.19. The molecule has 3 N–H and O–H groups in total. The molecule has 0 saturated carbocycles. The summed E-state index contributed by atoms with van der Waals surface area (Å²) in [4.78, 5) is 11.2. The SMILES string of the molecule is COCC1(C(N)=O)CCNCC1. The van der Waals surface area contributed by atoms with Gasteiger partial charge in [0.15, 0.2) is 0 Å². The highest BCUT2D eigenvalue weighted by Gasteiger charge is 2.37. The molecule has 0 spiro atoms. The van der Waals surface area contributed by atoms with Crippen LogP contribution < -0.4 is 11.1 Å². The van der Waals surface area contributed by atoms with Crippen LogP contribution in [0.25, 0.3) is 0 Å². The molecule has 1 rings (SSSR count). The van der Waals surface area contributed by atoms with Gasteiger partial charge in [0.1, 0.15) is 0 Å². The van der Waals surface area contributed by atoms with Crippen molar-refractivity contribution in [1.29, 1.82) is 0 Å². The van der Waals surface area contributed by atoms with E-state index in [1.54, 1.807) is 7.11 Å². The predicted molar refractivity (Wildman–Crippen MR) is 45.6 cm³/mol. The summed E-state index contributed by atoms with van der Waals surface area (Å²) in [6, 6.07) is 0. The third-order valence-corrected chi connectivity index (χ3v) is 2.50. The average Bonchev–Trinajstić information content (AvgIpc) is 2.06. The van der Waals surface area contributed by atoms with E-state index in [4.69, 9.17) is 10.5 Å². The summed E-state index contributed by atoms with van der Waals surface area (Å²) in [5.74, 6) is -0.231. The standard InChI is InChI=1S/C8H16N2O2/c1-12-6-8(7(9)11)2-4-10-5-3-8/h10H,2-6H2,1H3,(H2,9,11). The van der Waals surface area contributed by atoms with E-state index in [-0.39, 0.29) is 5.91 Å². The Labute approximate surface area is 72.5 Å². The van der Waals surface area contributed by atoms with Crippen LogP contribution in [0.3, 0.4) is 0 Å². The molecule has 0 radical (unpaired) electrons. The van der Waals surface area contributed by atoms with Crippen LogP contribution in [0.15, 0.2) is 0 Å². The Morgan fingerprint density at radius 2 is 2.17 bits per heavy atom. The van der Waals surface area contributed by atoms with Gasteiger partial charge in [-0.1, -0.05) is 0 Å². The molecular formula is C8H16N2O2. The van der Waals surface area contributed by atoms with Crippen LogP contribution in [-0.2, 0) is 9.53 Å². The lowest BCUT2D eigenvalue weighted by molar-refractivity contribution is -0.132. The fourth-order valence-corrected chi connectivity index (χ4v) is 1.64. The first-order chi connectivity index (χ1) is 5.71. The molecule has 1 aliphatic rings. The number of ether oxygens (including phenoxy) is 1. The van der Waals surface area contributed by atoms with Gasteiger partial charge >= 0.3 is 0 Å².